The highest BCUT2D eigenvalue weighted by atomic mass is 127. The van der Waals surface area contributed by atoms with E-state index in [1.807, 2.05) is 30.5 Å². The fourth-order valence-corrected chi connectivity index (χ4v) is 4.84. The number of piperazine rings is 1. The Bertz CT molecular complexity index is 1010. The van der Waals surface area contributed by atoms with E-state index in [-0.39, 0.29) is 24.0 Å². The number of nitrogens with zero attached hydrogens (tertiary/aromatic N) is 3. The first kappa shape index (κ1) is 24.5. The summed E-state index contributed by atoms with van der Waals surface area (Å²) in [6.07, 6.45) is 1.97. The van der Waals surface area contributed by atoms with Gasteiger partial charge in [-0.3, -0.25) is 4.99 Å². The van der Waals surface area contributed by atoms with Gasteiger partial charge in [-0.2, -0.15) is 0 Å². The molecule has 0 atom stereocenters. The Morgan fingerprint density at radius 2 is 1.97 bits per heavy atom. The van der Waals surface area contributed by atoms with E-state index in [0.29, 0.717) is 0 Å². The van der Waals surface area contributed by atoms with Crippen molar-refractivity contribution in [3.8, 4) is 11.5 Å². The lowest BCUT2D eigenvalue weighted by atomic mass is 10.2. The number of ether oxygens (including phenoxy) is 2. The maximum Gasteiger partial charge on any atom is 0.193 e. The third kappa shape index (κ3) is 5.61. The molecule has 0 unspecified atom stereocenters. The second-order valence-corrected chi connectivity index (χ2v) is 8.51. The van der Waals surface area contributed by atoms with Gasteiger partial charge in [0.05, 0.1) is 24.7 Å². The molecule has 0 amide bonds. The minimum Gasteiger partial charge on any atom is -0.497 e. The van der Waals surface area contributed by atoms with Crippen molar-refractivity contribution in [3.05, 3.63) is 41.4 Å². The van der Waals surface area contributed by atoms with Crippen molar-refractivity contribution in [1.29, 1.82) is 0 Å². The molecular formula is C23H32IN5O2S. The van der Waals surface area contributed by atoms with Crippen LogP contribution in [0.1, 0.15) is 12.1 Å². The molecule has 174 valence electrons. The van der Waals surface area contributed by atoms with Crippen molar-refractivity contribution in [2.75, 3.05) is 58.9 Å². The third-order valence-corrected chi connectivity index (χ3v) is 6.63. The number of thiophene rings is 1. The van der Waals surface area contributed by atoms with Crippen LogP contribution in [0.5, 0.6) is 11.5 Å². The van der Waals surface area contributed by atoms with Crippen LogP contribution < -0.4 is 19.7 Å². The molecule has 3 heterocycles. The van der Waals surface area contributed by atoms with Crippen LogP contribution >= 0.6 is 35.3 Å². The Hall–Kier alpha value is -2.14. The Morgan fingerprint density at radius 3 is 2.62 bits per heavy atom. The zero-order valence-corrected chi connectivity index (χ0v) is 22.0. The second-order valence-electron chi connectivity index (χ2n) is 7.59. The highest BCUT2D eigenvalue weighted by Crippen LogP contribution is 2.31. The minimum atomic E-state index is 0. The Balaban J connectivity index is 0.00000289. The number of halogens is 1. The standard InChI is InChI=1S/C23H31N5O2S.HI/c1-24-23(28-11-9-27(10-12-28)22-7-5-13-31-22)25-8-4-6-17-14-19-20(26-17)15-18(29-2)16-21(19)30-3;/h5,7,13-16,26H,4,6,8-12H2,1-3H3,(H,24,25);1H. The van der Waals surface area contributed by atoms with E-state index in [1.165, 1.54) is 10.7 Å². The fourth-order valence-electron chi connectivity index (χ4n) is 4.06. The van der Waals surface area contributed by atoms with Crippen LogP contribution in [0.3, 0.4) is 0 Å². The van der Waals surface area contributed by atoms with Crippen molar-refractivity contribution in [1.82, 2.24) is 15.2 Å². The molecule has 32 heavy (non-hydrogen) atoms. The predicted molar refractivity (Wildman–Crippen MR) is 145 cm³/mol. The van der Waals surface area contributed by atoms with Gasteiger partial charge in [-0.15, -0.1) is 35.3 Å². The van der Waals surface area contributed by atoms with E-state index in [9.17, 15) is 0 Å². The van der Waals surface area contributed by atoms with Crippen LogP contribution in [0.4, 0.5) is 5.00 Å². The van der Waals surface area contributed by atoms with Gasteiger partial charge in [-0.25, -0.2) is 0 Å². The van der Waals surface area contributed by atoms with E-state index in [0.717, 1.165) is 73.9 Å². The highest BCUT2D eigenvalue weighted by molar-refractivity contribution is 14.0. The molecule has 0 bridgehead atoms. The normalized spacial score (nSPS) is 14.4. The number of guanidine groups is 1. The first-order valence-corrected chi connectivity index (χ1v) is 11.6. The summed E-state index contributed by atoms with van der Waals surface area (Å²) in [7, 11) is 5.23. The van der Waals surface area contributed by atoms with Crippen LogP contribution in [0.15, 0.2) is 40.7 Å². The Kier molecular flexibility index (Phi) is 8.92. The third-order valence-electron chi connectivity index (χ3n) is 5.70. The molecule has 0 spiro atoms. The number of rotatable bonds is 7. The SMILES string of the molecule is CN=C(NCCCc1cc2c(OC)cc(OC)cc2[nH]1)N1CCN(c2cccs2)CC1.I. The van der Waals surface area contributed by atoms with Gasteiger partial charge in [-0.05, 0) is 36.4 Å². The summed E-state index contributed by atoms with van der Waals surface area (Å²) in [5, 5.41) is 8.12. The topological polar surface area (TPSA) is 65.1 Å². The molecule has 1 aliphatic rings. The van der Waals surface area contributed by atoms with Gasteiger partial charge in [0.15, 0.2) is 5.96 Å². The van der Waals surface area contributed by atoms with Gasteiger partial charge < -0.3 is 29.6 Å². The number of aryl methyl sites for hydroxylation is 1. The molecule has 4 rings (SSSR count). The first-order valence-electron chi connectivity index (χ1n) is 10.7. The van der Waals surface area contributed by atoms with E-state index >= 15 is 0 Å². The average Bonchev–Trinajstić information content (AvgIpc) is 3.48. The molecular weight excluding hydrogens is 537 g/mol. The monoisotopic (exact) mass is 569 g/mol. The predicted octanol–water partition coefficient (Wildman–Crippen LogP) is 4.19. The Labute approximate surface area is 210 Å². The number of benzene rings is 1. The summed E-state index contributed by atoms with van der Waals surface area (Å²) in [5.74, 6) is 2.62. The molecule has 0 saturated carbocycles. The summed E-state index contributed by atoms with van der Waals surface area (Å²) in [4.78, 5) is 12.8. The largest absolute Gasteiger partial charge is 0.497 e. The smallest absolute Gasteiger partial charge is 0.193 e. The van der Waals surface area contributed by atoms with Gasteiger partial charge in [0.25, 0.3) is 0 Å². The zero-order chi connectivity index (χ0) is 21.6. The molecule has 3 aromatic rings. The maximum atomic E-state index is 5.52. The van der Waals surface area contributed by atoms with Gasteiger partial charge >= 0.3 is 0 Å². The lowest BCUT2D eigenvalue weighted by Gasteiger charge is -2.37. The molecule has 1 fully saturated rings. The zero-order valence-electron chi connectivity index (χ0n) is 18.9. The number of methoxy groups -OCH3 is 2. The number of hydrogen-bond acceptors (Lipinski definition) is 5. The summed E-state index contributed by atoms with van der Waals surface area (Å²) in [6.45, 7) is 4.92. The average molecular weight is 570 g/mol. The summed E-state index contributed by atoms with van der Waals surface area (Å²) >= 11 is 1.81. The number of aliphatic imine (C=N–C) groups is 1. The molecule has 2 N–H and O–H groups in total. The van der Waals surface area contributed by atoms with Crippen molar-refractivity contribution in [2.45, 2.75) is 12.8 Å². The molecule has 9 heteroatoms. The molecule has 0 radical (unpaired) electrons. The number of anilines is 1. The van der Waals surface area contributed by atoms with Crippen molar-refractivity contribution in [2.24, 2.45) is 4.99 Å². The van der Waals surface area contributed by atoms with Crippen LogP contribution in [-0.4, -0.2) is 69.8 Å². The number of fused-ring (bicyclic) bond motifs is 1. The van der Waals surface area contributed by atoms with Gasteiger partial charge in [0.2, 0.25) is 0 Å². The van der Waals surface area contributed by atoms with E-state index in [1.54, 1.807) is 14.2 Å². The lowest BCUT2D eigenvalue weighted by molar-refractivity contribution is 0.373. The number of H-pyrrole nitrogens is 1. The van der Waals surface area contributed by atoms with Crippen molar-refractivity contribution >= 4 is 57.2 Å². The number of nitrogens with one attached hydrogen (secondary N) is 2. The van der Waals surface area contributed by atoms with E-state index in [4.69, 9.17) is 9.47 Å². The van der Waals surface area contributed by atoms with Gasteiger partial charge in [0, 0.05) is 63.0 Å². The van der Waals surface area contributed by atoms with Crippen LogP contribution in [0, 0.1) is 0 Å². The van der Waals surface area contributed by atoms with E-state index in [2.05, 4.69) is 48.7 Å². The van der Waals surface area contributed by atoms with Crippen LogP contribution in [0.2, 0.25) is 0 Å². The molecule has 7 nitrogen and oxygen atoms in total. The number of hydrogen-bond donors (Lipinski definition) is 2. The minimum absolute atomic E-state index is 0. The fraction of sp³-hybridized carbons (Fsp3) is 0.435. The Morgan fingerprint density at radius 1 is 1.16 bits per heavy atom. The van der Waals surface area contributed by atoms with Gasteiger partial charge in [-0.1, -0.05) is 0 Å². The highest BCUT2D eigenvalue weighted by Gasteiger charge is 2.20. The quantitative estimate of drug-likeness (QED) is 0.193. The number of aromatic amines is 1. The maximum absolute atomic E-state index is 5.52. The van der Waals surface area contributed by atoms with E-state index < -0.39 is 0 Å². The summed E-state index contributed by atoms with van der Waals surface area (Å²) < 4.78 is 10.9. The van der Waals surface area contributed by atoms with Crippen molar-refractivity contribution < 1.29 is 9.47 Å². The second kappa shape index (κ2) is 11.6. The molecule has 2 aromatic heterocycles. The van der Waals surface area contributed by atoms with Crippen molar-refractivity contribution in [3.63, 3.8) is 0 Å². The first-order chi connectivity index (χ1) is 15.2. The van der Waals surface area contributed by atoms with Crippen LogP contribution in [0.25, 0.3) is 10.9 Å². The van der Waals surface area contributed by atoms with Crippen LogP contribution in [-0.2, 0) is 6.42 Å². The summed E-state index contributed by atoms with van der Waals surface area (Å²) in [6, 6.07) is 10.4. The number of aromatic nitrogens is 1. The lowest BCUT2D eigenvalue weighted by Crippen LogP contribution is -2.52. The molecule has 0 aliphatic carbocycles. The molecule has 1 saturated heterocycles. The van der Waals surface area contributed by atoms with Gasteiger partial charge in [0.1, 0.15) is 11.5 Å². The summed E-state index contributed by atoms with van der Waals surface area (Å²) in [5.41, 5.74) is 2.24. The molecule has 1 aromatic carbocycles. The molecule has 1 aliphatic heterocycles.